The van der Waals surface area contributed by atoms with Crippen molar-refractivity contribution in [3.05, 3.63) is 23.3 Å². The van der Waals surface area contributed by atoms with Gasteiger partial charge in [-0.25, -0.2) is 8.42 Å². The molecule has 90 valence electrons. The summed E-state index contributed by atoms with van der Waals surface area (Å²) in [7, 11) is 1.51. The number of rotatable bonds is 4. The van der Waals surface area contributed by atoms with E-state index >= 15 is 0 Å². The average Bonchev–Trinajstić information content (AvgIpc) is 2.15. The molecule has 0 aliphatic heterocycles. The van der Waals surface area contributed by atoms with Crippen LogP contribution in [-0.4, -0.2) is 24.4 Å². The molecule has 0 fully saturated rings. The normalized spacial score (nSPS) is 11.6. The zero-order valence-corrected chi connectivity index (χ0v) is 10.3. The standard InChI is InChI=1S/C10H13ClO4S/c1-2-7-5-8(3-4-16(11,14)15)10(13)6-9(7)12/h5-6,12-13H,2-4H2,1H3. The third-order valence-corrected chi connectivity index (χ3v) is 3.43. The fourth-order valence-corrected chi connectivity index (χ4v) is 2.08. The van der Waals surface area contributed by atoms with E-state index in [1.807, 2.05) is 6.92 Å². The van der Waals surface area contributed by atoms with Crippen LogP contribution in [0.2, 0.25) is 0 Å². The summed E-state index contributed by atoms with van der Waals surface area (Å²) in [4.78, 5) is 0. The summed E-state index contributed by atoms with van der Waals surface area (Å²) in [5.41, 5.74) is 1.14. The zero-order chi connectivity index (χ0) is 12.3. The number of phenolic OH excluding ortho intramolecular Hbond substituents is 2. The quantitative estimate of drug-likeness (QED) is 0.813. The molecule has 0 unspecified atom stereocenters. The summed E-state index contributed by atoms with van der Waals surface area (Å²) < 4.78 is 21.5. The van der Waals surface area contributed by atoms with Crippen molar-refractivity contribution in [1.29, 1.82) is 0 Å². The Kier molecular flexibility index (Phi) is 4.04. The molecule has 0 aliphatic carbocycles. The number of aromatic hydroxyl groups is 2. The molecule has 0 atom stereocenters. The SMILES string of the molecule is CCc1cc(CCS(=O)(=O)Cl)c(O)cc1O. The van der Waals surface area contributed by atoms with Crippen molar-refractivity contribution in [1.82, 2.24) is 0 Å². The van der Waals surface area contributed by atoms with Crippen LogP contribution in [0.3, 0.4) is 0 Å². The number of benzene rings is 1. The van der Waals surface area contributed by atoms with E-state index in [4.69, 9.17) is 10.7 Å². The van der Waals surface area contributed by atoms with E-state index in [0.29, 0.717) is 17.5 Å². The van der Waals surface area contributed by atoms with Crippen molar-refractivity contribution in [3.63, 3.8) is 0 Å². The average molecular weight is 265 g/mol. The van der Waals surface area contributed by atoms with Gasteiger partial charge in [0, 0.05) is 16.7 Å². The molecular formula is C10H13ClO4S. The van der Waals surface area contributed by atoms with Crippen LogP contribution in [0.5, 0.6) is 11.5 Å². The van der Waals surface area contributed by atoms with Gasteiger partial charge in [0.15, 0.2) is 0 Å². The largest absolute Gasteiger partial charge is 0.508 e. The van der Waals surface area contributed by atoms with Crippen molar-refractivity contribution in [3.8, 4) is 11.5 Å². The highest BCUT2D eigenvalue weighted by Crippen LogP contribution is 2.28. The molecule has 0 saturated carbocycles. The monoisotopic (exact) mass is 264 g/mol. The third kappa shape index (κ3) is 3.57. The first-order valence-electron chi connectivity index (χ1n) is 4.79. The molecule has 1 aromatic carbocycles. The topological polar surface area (TPSA) is 74.6 Å². The Hall–Kier alpha value is -0.940. The van der Waals surface area contributed by atoms with Gasteiger partial charge in [-0.15, -0.1) is 0 Å². The van der Waals surface area contributed by atoms with Crippen LogP contribution in [0, 0.1) is 0 Å². The minimum atomic E-state index is -3.57. The predicted octanol–water partition coefficient (Wildman–Crippen LogP) is 1.77. The van der Waals surface area contributed by atoms with Crippen molar-refractivity contribution >= 4 is 19.7 Å². The first-order chi connectivity index (χ1) is 7.33. The molecule has 16 heavy (non-hydrogen) atoms. The van der Waals surface area contributed by atoms with Gasteiger partial charge in [0.1, 0.15) is 11.5 Å². The van der Waals surface area contributed by atoms with Gasteiger partial charge in [0.05, 0.1) is 5.75 Å². The second-order valence-electron chi connectivity index (χ2n) is 3.46. The van der Waals surface area contributed by atoms with E-state index < -0.39 is 9.05 Å². The molecule has 0 saturated heterocycles. The van der Waals surface area contributed by atoms with E-state index in [2.05, 4.69) is 0 Å². The second-order valence-corrected chi connectivity index (χ2v) is 6.35. The molecule has 0 bridgehead atoms. The van der Waals surface area contributed by atoms with Gasteiger partial charge in [-0.05, 0) is 30.0 Å². The molecule has 0 radical (unpaired) electrons. The Morgan fingerprint density at radius 3 is 2.25 bits per heavy atom. The Morgan fingerprint density at radius 1 is 1.19 bits per heavy atom. The number of halogens is 1. The van der Waals surface area contributed by atoms with Crippen LogP contribution in [-0.2, 0) is 21.9 Å². The maximum Gasteiger partial charge on any atom is 0.232 e. The molecule has 0 amide bonds. The Balaban J connectivity index is 2.96. The molecule has 1 aromatic rings. The number of hydrogen-bond acceptors (Lipinski definition) is 4. The highest BCUT2D eigenvalue weighted by molar-refractivity contribution is 8.13. The molecule has 1 rings (SSSR count). The van der Waals surface area contributed by atoms with Crippen LogP contribution in [0.15, 0.2) is 12.1 Å². The lowest BCUT2D eigenvalue weighted by molar-refractivity contribution is 0.442. The summed E-state index contributed by atoms with van der Waals surface area (Å²) >= 11 is 0. The van der Waals surface area contributed by atoms with E-state index in [-0.39, 0.29) is 23.7 Å². The molecule has 0 aromatic heterocycles. The summed E-state index contributed by atoms with van der Waals surface area (Å²) in [5.74, 6) is -0.344. The van der Waals surface area contributed by atoms with Crippen LogP contribution in [0.1, 0.15) is 18.1 Å². The second kappa shape index (κ2) is 4.93. The van der Waals surface area contributed by atoms with E-state index in [9.17, 15) is 18.6 Å². The van der Waals surface area contributed by atoms with Gasteiger partial charge in [-0.2, -0.15) is 0 Å². The van der Waals surface area contributed by atoms with Crippen molar-refractivity contribution < 1.29 is 18.6 Å². The minimum Gasteiger partial charge on any atom is -0.508 e. The third-order valence-electron chi connectivity index (χ3n) is 2.28. The van der Waals surface area contributed by atoms with E-state index in [0.717, 1.165) is 0 Å². The Bertz CT molecular complexity index is 482. The van der Waals surface area contributed by atoms with Crippen LogP contribution in [0.4, 0.5) is 0 Å². The smallest absolute Gasteiger partial charge is 0.232 e. The summed E-state index contributed by atoms with van der Waals surface area (Å²) in [6.07, 6.45) is 0.734. The fraction of sp³-hybridized carbons (Fsp3) is 0.400. The van der Waals surface area contributed by atoms with E-state index in [1.54, 1.807) is 6.07 Å². The first-order valence-corrected chi connectivity index (χ1v) is 7.27. The molecule has 2 N–H and O–H groups in total. The van der Waals surface area contributed by atoms with Crippen LogP contribution in [0.25, 0.3) is 0 Å². The van der Waals surface area contributed by atoms with Crippen LogP contribution >= 0.6 is 10.7 Å². The highest BCUT2D eigenvalue weighted by Gasteiger charge is 2.11. The number of aryl methyl sites for hydroxylation is 2. The summed E-state index contributed by atoms with van der Waals surface area (Å²) in [6, 6.07) is 2.81. The van der Waals surface area contributed by atoms with Crippen LogP contribution < -0.4 is 0 Å². The van der Waals surface area contributed by atoms with Gasteiger partial charge >= 0.3 is 0 Å². The van der Waals surface area contributed by atoms with Crippen molar-refractivity contribution in [2.75, 3.05) is 5.75 Å². The molecular weight excluding hydrogens is 252 g/mol. The molecule has 6 heteroatoms. The lowest BCUT2D eigenvalue weighted by Crippen LogP contribution is -2.02. The van der Waals surface area contributed by atoms with Gasteiger partial charge in [0.25, 0.3) is 0 Å². The molecule has 0 aliphatic rings. The van der Waals surface area contributed by atoms with Gasteiger partial charge in [0.2, 0.25) is 9.05 Å². The first kappa shape index (κ1) is 13.1. The Labute approximate surface area is 98.9 Å². The molecule has 0 spiro atoms. The van der Waals surface area contributed by atoms with Gasteiger partial charge < -0.3 is 10.2 Å². The Morgan fingerprint density at radius 2 is 1.75 bits per heavy atom. The van der Waals surface area contributed by atoms with Crippen molar-refractivity contribution in [2.24, 2.45) is 0 Å². The predicted molar refractivity (Wildman–Crippen MR) is 62.5 cm³/mol. The zero-order valence-electron chi connectivity index (χ0n) is 8.77. The van der Waals surface area contributed by atoms with E-state index in [1.165, 1.54) is 6.07 Å². The lowest BCUT2D eigenvalue weighted by atomic mass is 10.0. The summed E-state index contributed by atoms with van der Waals surface area (Å²) in [5, 5.41) is 18.9. The maximum atomic E-state index is 10.8. The molecule has 4 nitrogen and oxygen atoms in total. The lowest BCUT2D eigenvalue weighted by Gasteiger charge is -2.08. The maximum absolute atomic E-state index is 10.8. The highest BCUT2D eigenvalue weighted by atomic mass is 35.7. The fourth-order valence-electron chi connectivity index (χ4n) is 1.39. The minimum absolute atomic E-state index is 0.0116. The number of phenols is 2. The van der Waals surface area contributed by atoms with Gasteiger partial charge in [-0.3, -0.25) is 0 Å². The summed E-state index contributed by atoms with van der Waals surface area (Å²) in [6.45, 7) is 1.86. The van der Waals surface area contributed by atoms with Crippen molar-refractivity contribution in [2.45, 2.75) is 19.8 Å². The van der Waals surface area contributed by atoms with Gasteiger partial charge in [-0.1, -0.05) is 6.92 Å². The molecule has 0 heterocycles. The number of hydrogen-bond donors (Lipinski definition) is 2.